The van der Waals surface area contributed by atoms with Crippen molar-refractivity contribution in [1.82, 2.24) is 10.2 Å². The molecule has 6 heteroatoms. The Labute approximate surface area is 184 Å². The molecule has 0 unspecified atom stereocenters. The topological polar surface area (TPSA) is 56.7 Å². The molecule has 1 fully saturated rings. The zero-order valence-electron chi connectivity index (χ0n) is 16.1. The van der Waals surface area contributed by atoms with E-state index in [1.807, 2.05) is 60.7 Å². The first-order valence-electron chi connectivity index (χ1n) is 9.73. The highest BCUT2D eigenvalue weighted by molar-refractivity contribution is 14.0. The van der Waals surface area contributed by atoms with Crippen LogP contribution in [0.1, 0.15) is 31.2 Å². The Balaban J connectivity index is 0.00000280. The standard InChI is InChI=1S/C22H28N4O.HI/c27-21(24-18-19-10-4-1-5-11-19)14-15-23-22(26-16-8-3-9-17-26)25-20-12-6-2-7-13-20;/h1-2,4-7,10-13H,3,8-9,14-18H2,(H,23,25)(H,24,27);1H. The Morgan fingerprint density at radius 2 is 1.57 bits per heavy atom. The summed E-state index contributed by atoms with van der Waals surface area (Å²) >= 11 is 0. The zero-order valence-corrected chi connectivity index (χ0v) is 18.5. The number of anilines is 1. The van der Waals surface area contributed by atoms with Crippen molar-refractivity contribution >= 4 is 41.5 Å². The number of amides is 1. The van der Waals surface area contributed by atoms with E-state index in [9.17, 15) is 4.79 Å². The Kier molecular flexibility index (Phi) is 9.82. The van der Waals surface area contributed by atoms with Gasteiger partial charge in [0.05, 0.1) is 6.54 Å². The van der Waals surface area contributed by atoms with Crippen LogP contribution in [0.2, 0.25) is 0 Å². The monoisotopic (exact) mass is 492 g/mol. The molecule has 28 heavy (non-hydrogen) atoms. The minimum atomic E-state index is 0. The number of carbonyl (C=O) groups excluding carboxylic acids is 1. The zero-order chi connectivity index (χ0) is 18.7. The molecule has 0 radical (unpaired) electrons. The van der Waals surface area contributed by atoms with Gasteiger partial charge in [-0.2, -0.15) is 0 Å². The second-order valence-corrected chi connectivity index (χ2v) is 6.76. The van der Waals surface area contributed by atoms with E-state index in [2.05, 4.69) is 15.5 Å². The summed E-state index contributed by atoms with van der Waals surface area (Å²) in [4.78, 5) is 19.1. The average Bonchev–Trinajstić information content (AvgIpc) is 2.74. The quantitative estimate of drug-likeness (QED) is 0.360. The molecule has 0 atom stereocenters. The van der Waals surface area contributed by atoms with Crippen LogP contribution in [0.3, 0.4) is 0 Å². The highest BCUT2D eigenvalue weighted by Gasteiger charge is 2.15. The van der Waals surface area contributed by atoms with Gasteiger partial charge in [-0.05, 0) is 37.0 Å². The molecule has 1 heterocycles. The van der Waals surface area contributed by atoms with Gasteiger partial charge in [0.2, 0.25) is 5.91 Å². The minimum absolute atomic E-state index is 0. The Hall–Kier alpha value is -2.09. The van der Waals surface area contributed by atoms with Crippen molar-refractivity contribution in [3.63, 3.8) is 0 Å². The van der Waals surface area contributed by atoms with Gasteiger partial charge in [0.25, 0.3) is 0 Å². The van der Waals surface area contributed by atoms with Crippen LogP contribution in [0.25, 0.3) is 0 Å². The number of piperidine rings is 1. The number of hydrogen-bond acceptors (Lipinski definition) is 2. The van der Waals surface area contributed by atoms with Crippen molar-refractivity contribution in [3.05, 3.63) is 66.2 Å². The molecule has 1 saturated heterocycles. The van der Waals surface area contributed by atoms with E-state index >= 15 is 0 Å². The van der Waals surface area contributed by atoms with Gasteiger partial charge in [-0.1, -0.05) is 48.5 Å². The normalized spacial score (nSPS) is 14.1. The fourth-order valence-corrected chi connectivity index (χ4v) is 3.12. The lowest BCUT2D eigenvalue weighted by Gasteiger charge is -2.30. The summed E-state index contributed by atoms with van der Waals surface area (Å²) < 4.78 is 0. The lowest BCUT2D eigenvalue weighted by molar-refractivity contribution is -0.121. The van der Waals surface area contributed by atoms with Gasteiger partial charge in [0, 0.05) is 31.7 Å². The number of halogens is 1. The molecule has 2 N–H and O–H groups in total. The molecular weight excluding hydrogens is 463 g/mol. The molecule has 0 bridgehead atoms. The maximum atomic E-state index is 12.1. The lowest BCUT2D eigenvalue weighted by atomic mass is 10.1. The number of hydrogen-bond donors (Lipinski definition) is 2. The molecule has 1 aliphatic heterocycles. The number of aliphatic imine (C=N–C) groups is 1. The molecule has 1 amide bonds. The summed E-state index contributed by atoms with van der Waals surface area (Å²) in [7, 11) is 0. The smallest absolute Gasteiger partial charge is 0.222 e. The van der Waals surface area contributed by atoms with Gasteiger partial charge < -0.3 is 15.5 Å². The van der Waals surface area contributed by atoms with Crippen LogP contribution < -0.4 is 10.6 Å². The summed E-state index contributed by atoms with van der Waals surface area (Å²) in [5.41, 5.74) is 2.13. The van der Waals surface area contributed by atoms with Crippen molar-refractivity contribution in [2.75, 3.05) is 25.0 Å². The van der Waals surface area contributed by atoms with Crippen molar-refractivity contribution in [2.45, 2.75) is 32.2 Å². The summed E-state index contributed by atoms with van der Waals surface area (Å²) in [5.74, 6) is 0.900. The second kappa shape index (κ2) is 12.4. The van der Waals surface area contributed by atoms with Crippen LogP contribution in [-0.4, -0.2) is 36.4 Å². The maximum Gasteiger partial charge on any atom is 0.222 e. The van der Waals surface area contributed by atoms with Crippen molar-refractivity contribution < 1.29 is 4.79 Å². The van der Waals surface area contributed by atoms with Gasteiger partial charge in [-0.3, -0.25) is 9.79 Å². The summed E-state index contributed by atoms with van der Waals surface area (Å²) in [5, 5.41) is 6.38. The first kappa shape index (κ1) is 22.2. The highest BCUT2D eigenvalue weighted by Crippen LogP contribution is 2.12. The first-order chi connectivity index (χ1) is 13.3. The third-order valence-electron chi connectivity index (χ3n) is 4.62. The Morgan fingerprint density at radius 1 is 0.929 bits per heavy atom. The molecule has 0 aromatic heterocycles. The average molecular weight is 492 g/mol. The number of nitrogens with one attached hydrogen (secondary N) is 2. The van der Waals surface area contributed by atoms with Gasteiger partial charge >= 0.3 is 0 Å². The SMILES string of the molecule is I.O=C(CCN=C(Nc1ccccc1)N1CCCCC1)NCc1ccccc1. The molecular formula is C22H29IN4O. The number of guanidine groups is 1. The minimum Gasteiger partial charge on any atom is -0.352 e. The maximum absolute atomic E-state index is 12.1. The molecule has 150 valence electrons. The van der Waals surface area contributed by atoms with E-state index in [0.29, 0.717) is 19.5 Å². The number of rotatable bonds is 6. The van der Waals surface area contributed by atoms with Crippen LogP contribution in [0.15, 0.2) is 65.7 Å². The molecule has 3 rings (SSSR count). The fourth-order valence-electron chi connectivity index (χ4n) is 3.12. The van der Waals surface area contributed by atoms with E-state index in [1.54, 1.807) is 0 Å². The van der Waals surface area contributed by atoms with Gasteiger partial charge in [-0.25, -0.2) is 0 Å². The number of para-hydroxylation sites is 1. The van der Waals surface area contributed by atoms with Gasteiger partial charge in [-0.15, -0.1) is 24.0 Å². The molecule has 0 spiro atoms. The van der Waals surface area contributed by atoms with Crippen LogP contribution >= 0.6 is 24.0 Å². The van der Waals surface area contributed by atoms with Gasteiger partial charge in [0.15, 0.2) is 5.96 Å². The Morgan fingerprint density at radius 3 is 2.25 bits per heavy atom. The fraction of sp³-hybridized carbons (Fsp3) is 0.364. The summed E-state index contributed by atoms with van der Waals surface area (Å²) in [6.45, 7) is 3.06. The molecule has 2 aromatic rings. The van der Waals surface area contributed by atoms with Crippen molar-refractivity contribution in [3.8, 4) is 0 Å². The second-order valence-electron chi connectivity index (χ2n) is 6.76. The van der Waals surface area contributed by atoms with Crippen molar-refractivity contribution in [1.29, 1.82) is 0 Å². The molecule has 1 aliphatic rings. The van der Waals surface area contributed by atoms with E-state index in [1.165, 1.54) is 19.3 Å². The van der Waals surface area contributed by atoms with E-state index in [-0.39, 0.29) is 29.9 Å². The highest BCUT2D eigenvalue weighted by atomic mass is 127. The van der Waals surface area contributed by atoms with E-state index in [4.69, 9.17) is 4.99 Å². The first-order valence-corrected chi connectivity index (χ1v) is 9.73. The largest absolute Gasteiger partial charge is 0.352 e. The van der Waals surface area contributed by atoms with Crippen molar-refractivity contribution in [2.24, 2.45) is 4.99 Å². The van der Waals surface area contributed by atoms with Crippen LogP contribution in [0.4, 0.5) is 5.69 Å². The number of benzene rings is 2. The van der Waals surface area contributed by atoms with E-state index < -0.39 is 0 Å². The molecule has 5 nitrogen and oxygen atoms in total. The third kappa shape index (κ3) is 7.50. The summed E-state index contributed by atoms with van der Waals surface area (Å²) in [6.07, 6.45) is 4.04. The summed E-state index contributed by atoms with van der Waals surface area (Å²) in [6, 6.07) is 20.0. The molecule has 0 aliphatic carbocycles. The van der Waals surface area contributed by atoms with Crippen LogP contribution in [-0.2, 0) is 11.3 Å². The number of nitrogens with zero attached hydrogens (tertiary/aromatic N) is 2. The Bertz CT molecular complexity index is 731. The van der Waals surface area contributed by atoms with Gasteiger partial charge in [0.1, 0.15) is 0 Å². The number of carbonyl (C=O) groups is 1. The van der Waals surface area contributed by atoms with E-state index in [0.717, 1.165) is 30.3 Å². The van der Waals surface area contributed by atoms with Crippen LogP contribution in [0.5, 0.6) is 0 Å². The molecule has 2 aromatic carbocycles. The lowest BCUT2D eigenvalue weighted by Crippen LogP contribution is -2.40. The third-order valence-corrected chi connectivity index (χ3v) is 4.62. The number of likely N-dealkylation sites (tertiary alicyclic amines) is 1. The van der Waals surface area contributed by atoms with Crippen LogP contribution in [0, 0.1) is 0 Å². The predicted molar refractivity (Wildman–Crippen MR) is 126 cm³/mol. The molecule has 0 saturated carbocycles. The predicted octanol–water partition coefficient (Wildman–Crippen LogP) is 4.26.